The van der Waals surface area contributed by atoms with E-state index < -0.39 is 45.0 Å². The lowest BCUT2D eigenvalue weighted by Gasteiger charge is -2.18. The van der Waals surface area contributed by atoms with E-state index in [0.717, 1.165) is 16.4 Å². The number of hydrogen-bond donors (Lipinski definition) is 2. The first-order valence-corrected chi connectivity index (χ1v) is 12.3. The summed E-state index contributed by atoms with van der Waals surface area (Å²) >= 11 is 0. The molecule has 4 aromatic rings. The number of ketones is 1. The summed E-state index contributed by atoms with van der Waals surface area (Å²) in [4.78, 5) is 28.6. The van der Waals surface area contributed by atoms with Crippen LogP contribution in [0.3, 0.4) is 0 Å². The van der Waals surface area contributed by atoms with E-state index in [1.807, 2.05) is 4.72 Å². The molecular weight excluding hydrogens is 497 g/mol. The molecule has 36 heavy (non-hydrogen) atoms. The molecule has 1 aliphatic heterocycles. The fraction of sp³-hybridized carbons (Fsp3) is 0.217. The molecule has 1 atom stereocenters. The number of carbonyl (C=O) groups excluding carboxylic acids is 1. The Morgan fingerprint density at radius 2 is 1.86 bits per heavy atom. The number of aromatic amines is 1. The first kappa shape index (κ1) is 23.9. The summed E-state index contributed by atoms with van der Waals surface area (Å²) in [7, 11) is -4.31. The number of halogens is 3. The maximum Gasteiger partial charge on any atom is 0.301 e. The van der Waals surface area contributed by atoms with Gasteiger partial charge in [-0.2, -0.15) is 12.7 Å². The number of rotatable bonds is 6. The second-order valence-corrected chi connectivity index (χ2v) is 9.98. The van der Waals surface area contributed by atoms with Crippen molar-refractivity contribution in [2.45, 2.75) is 19.5 Å². The predicted molar refractivity (Wildman–Crippen MR) is 125 cm³/mol. The molecule has 9 nitrogen and oxygen atoms in total. The summed E-state index contributed by atoms with van der Waals surface area (Å²) in [6.45, 7) is 1.27. The number of hydrogen-bond acceptors (Lipinski definition) is 6. The number of aromatic nitrogens is 4. The first-order chi connectivity index (χ1) is 17.1. The van der Waals surface area contributed by atoms with E-state index in [2.05, 4.69) is 19.9 Å². The van der Waals surface area contributed by atoms with Crippen LogP contribution in [0, 0.1) is 18.6 Å². The van der Waals surface area contributed by atoms with Crippen molar-refractivity contribution in [3.8, 4) is 11.1 Å². The highest BCUT2D eigenvalue weighted by Gasteiger charge is 2.33. The van der Waals surface area contributed by atoms with Crippen molar-refractivity contribution in [3.05, 3.63) is 71.6 Å². The summed E-state index contributed by atoms with van der Waals surface area (Å²) in [5, 5.41) is 0.300. The molecule has 0 spiro atoms. The van der Waals surface area contributed by atoms with E-state index in [-0.39, 0.29) is 25.1 Å². The quantitative estimate of drug-likeness (QED) is 0.378. The minimum Gasteiger partial charge on any atom is -0.345 e. The van der Waals surface area contributed by atoms with Gasteiger partial charge in [-0.15, -0.1) is 0 Å². The van der Waals surface area contributed by atoms with E-state index in [4.69, 9.17) is 0 Å². The zero-order valence-corrected chi connectivity index (χ0v) is 19.6. The second-order valence-electron chi connectivity index (χ2n) is 8.31. The normalized spacial score (nSPS) is 16.5. The van der Waals surface area contributed by atoms with Gasteiger partial charge in [-0.25, -0.2) is 28.1 Å². The van der Waals surface area contributed by atoms with E-state index in [9.17, 15) is 22.0 Å². The molecule has 5 rings (SSSR count). The van der Waals surface area contributed by atoms with Crippen molar-refractivity contribution in [1.29, 1.82) is 0 Å². The zero-order chi connectivity index (χ0) is 25.6. The van der Waals surface area contributed by atoms with Crippen LogP contribution in [0.5, 0.6) is 0 Å². The minimum absolute atomic E-state index is 0.0157. The average Bonchev–Trinajstić information content (AvgIpc) is 3.48. The molecule has 186 valence electrons. The fourth-order valence-electron chi connectivity index (χ4n) is 3.97. The average molecular weight is 517 g/mol. The van der Waals surface area contributed by atoms with Gasteiger partial charge in [-0.05, 0) is 31.5 Å². The van der Waals surface area contributed by atoms with E-state index >= 15 is 4.39 Å². The molecule has 0 radical (unpaired) electrons. The summed E-state index contributed by atoms with van der Waals surface area (Å²) in [5.74, 6) is -3.00. The zero-order valence-electron chi connectivity index (χ0n) is 18.8. The number of H-pyrrole nitrogens is 1. The molecule has 13 heteroatoms. The monoisotopic (exact) mass is 516 g/mol. The fourth-order valence-corrected chi connectivity index (χ4v) is 5.24. The Morgan fingerprint density at radius 3 is 2.56 bits per heavy atom. The summed E-state index contributed by atoms with van der Waals surface area (Å²) in [6, 6.07) is 3.27. The Kier molecular flexibility index (Phi) is 5.96. The lowest BCUT2D eigenvalue weighted by atomic mass is 10.0. The van der Waals surface area contributed by atoms with Crippen LogP contribution >= 0.6 is 0 Å². The standard InChI is InChI=1S/C23H19F3N6O3S/c1-12-27-8-14(9-28-12)13-6-16-17(10-30-23(16)29-7-13)22(33)20-18(25)2-3-19(21(20)26)31-36(34,35)32-5-4-15(24)11-32/h2-3,6-10,15,31H,4-5,11H2,1H3,(H,29,30)/t15-/m0/s1. The van der Waals surface area contributed by atoms with Crippen molar-refractivity contribution in [2.75, 3.05) is 17.8 Å². The second kappa shape index (κ2) is 8.99. The van der Waals surface area contributed by atoms with Crippen LogP contribution in [-0.2, 0) is 10.2 Å². The van der Waals surface area contributed by atoms with Crippen molar-refractivity contribution < 1.29 is 26.4 Å². The van der Waals surface area contributed by atoms with Gasteiger partial charge in [0.25, 0.3) is 0 Å². The molecule has 0 bridgehead atoms. The lowest BCUT2D eigenvalue weighted by Crippen LogP contribution is -2.34. The number of pyridine rings is 1. The summed E-state index contributed by atoms with van der Waals surface area (Å²) in [6.07, 6.45) is 4.67. The van der Waals surface area contributed by atoms with Gasteiger partial charge in [-0.1, -0.05) is 0 Å². The van der Waals surface area contributed by atoms with Gasteiger partial charge in [0.2, 0.25) is 5.78 Å². The number of alkyl halides is 1. The number of nitrogens with one attached hydrogen (secondary N) is 2. The van der Waals surface area contributed by atoms with Gasteiger partial charge in [0, 0.05) is 60.0 Å². The molecule has 1 saturated heterocycles. The maximum atomic E-state index is 15.3. The molecule has 3 aromatic heterocycles. The van der Waals surface area contributed by atoms with Gasteiger partial charge < -0.3 is 4.98 Å². The number of benzene rings is 1. The Bertz CT molecular complexity index is 1590. The van der Waals surface area contributed by atoms with Crippen LogP contribution in [-0.4, -0.2) is 57.7 Å². The molecule has 1 aliphatic rings. The Balaban J connectivity index is 1.52. The van der Waals surface area contributed by atoms with E-state index in [0.29, 0.717) is 28.0 Å². The van der Waals surface area contributed by atoms with Gasteiger partial charge in [0.1, 0.15) is 23.5 Å². The van der Waals surface area contributed by atoms with Crippen LogP contribution in [0.15, 0.2) is 43.0 Å². The molecule has 0 aliphatic carbocycles. The first-order valence-electron chi connectivity index (χ1n) is 10.8. The smallest absolute Gasteiger partial charge is 0.301 e. The molecule has 2 N–H and O–H groups in total. The highest BCUT2D eigenvalue weighted by atomic mass is 32.2. The third kappa shape index (κ3) is 4.31. The molecule has 0 unspecified atom stereocenters. The third-order valence-electron chi connectivity index (χ3n) is 5.88. The van der Waals surface area contributed by atoms with Crippen molar-refractivity contribution >= 4 is 32.7 Å². The molecule has 0 amide bonds. The topological polar surface area (TPSA) is 121 Å². The van der Waals surface area contributed by atoms with Crippen molar-refractivity contribution in [3.63, 3.8) is 0 Å². The van der Waals surface area contributed by atoms with Crippen LogP contribution in [0.1, 0.15) is 28.2 Å². The third-order valence-corrected chi connectivity index (χ3v) is 7.37. The van der Waals surface area contributed by atoms with Crippen LogP contribution in [0.4, 0.5) is 18.9 Å². The highest BCUT2D eigenvalue weighted by Crippen LogP contribution is 2.30. The van der Waals surface area contributed by atoms with Crippen molar-refractivity contribution in [2.24, 2.45) is 0 Å². The molecule has 0 saturated carbocycles. The van der Waals surface area contributed by atoms with Crippen molar-refractivity contribution in [1.82, 2.24) is 24.2 Å². The van der Waals surface area contributed by atoms with Gasteiger partial charge in [0.15, 0.2) is 5.82 Å². The van der Waals surface area contributed by atoms with Crippen LogP contribution in [0.25, 0.3) is 22.2 Å². The van der Waals surface area contributed by atoms with E-state index in [1.54, 1.807) is 25.4 Å². The number of anilines is 1. The Hall–Kier alpha value is -3.84. The number of aryl methyl sites for hydroxylation is 1. The lowest BCUT2D eigenvalue weighted by molar-refractivity contribution is 0.103. The summed E-state index contributed by atoms with van der Waals surface area (Å²) in [5.41, 5.74) is -0.119. The Labute approximate surface area is 203 Å². The number of nitrogens with zero attached hydrogens (tertiary/aromatic N) is 4. The predicted octanol–water partition coefficient (Wildman–Crippen LogP) is 3.54. The van der Waals surface area contributed by atoms with Gasteiger partial charge in [0.05, 0.1) is 11.3 Å². The maximum absolute atomic E-state index is 15.3. The summed E-state index contributed by atoms with van der Waals surface area (Å²) < 4.78 is 71.4. The Morgan fingerprint density at radius 1 is 1.14 bits per heavy atom. The van der Waals surface area contributed by atoms with Gasteiger partial charge >= 0.3 is 10.2 Å². The molecule has 1 aromatic carbocycles. The van der Waals surface area contributed by atoms with Crippen LogP contribution < -0.4 is 4.72 Å². The van der Waals surface area contributed by atoms with Gasteiger partial charge in [-0.3, -0.25) is 9.52 Å². The number of carbonyl (C=O) groups is 1. The SMILES string of the molecule is Cc1ncc(-c2cnc3[nH]cc(C(=O)c4c(F)ccc(NS(=O)(=O)N5CC[C@H](F)C5)c4F)c3c2)cn1. The number of fused-ring (bicyclic) bond motifs is 1. The molecule has 1 fully saturated rings. The van der Waals surface area contributed by atoms with E-state index in [1.165, 1.54) is 12.4 Å². The van der Waals surface area contributed by atoms with Crippen LogP contribution in [0.2, 0.25) is 0 Å². The molecule has 4 heterocycles. The molecular formula is C23H19F3N6O3S. The minimum atomic E-state index is -4.31. The largest absolute Gasteiger partial charge is 0.345 e. The highest BCUT2D eigenvalue weighted by molar-refractivity contribution is 7.90.